The Hall–Kier alpha value is -1.18. The highest BCUT2D eigenvalue weighted by Gasteiger charge is 2.24. The van der Waals surface area contributed by atoms with E-state index in [1.807, 2.05) is 0 Å². The SMILES string of the molecule is COCCCS(=O)(=O)c1cc(Cl)cc(C(=O)O)c1F. The molecule has 1 aromatic rings. The van der Waals surface area contributed by atoms with Gasteiger partial charge in [-0.2, -0.15) is 0 Å². The zero-order valence-electron chi connectivity index (χ0n) is 10.0. The van der Waals surface area contributed by atoms with E-state index in [4.69, 9.17) is 21.4 Å². The van der Waals surface area contributed by atoms with E-state index in [1.165, 1.54) is 7.11 Å². The topological polar surface area (TPSA) is 80.7 Å². The van der Waals surface area contributed by atoms with Gasteiger partial charge in [-0.25, -0.2) is 17.6 Å². The van der Waals surface area contributed by atoms with E-state index in [0.29, 0.717) is 0 Å². The Morgan fingerprint density at radius 3 is 2.63 bits per heavy atom. The Morgan fingerprint density at radius 1 is 1.47 bits per heavy atom. The first-order valence-electron chi connectivity index (χ1n) is 5.23. The van der Waals surface area contributed by atoms with Crippen molar-refractivity contribution in [1.29, 1.82) is 0 Å². The predicted octanol–water partition coefficient (Wildman–Crippen LogP) is 1.99. The summed E-state index contributed by atoms with van der Waals surface area (Å²) in [6.07, 6.45) is 0.174. The van der Waals surface area contributed by atoms with Crippen LogP contribution in [-0.4, -0.2) is 39.0 Å². The summed E-state index contributed by atoms with van der Waals surface area (Å²) in [4.78, 5) is 10.1. The van der Waals surface area contributed by atoms with E-state index in [-0.39, 0.29) is 23.8 Å². The summed E-state index contributed by atoms with van der Waals surface area (Å²) in [6, 6.07) is 1.78. The highest BCUT2D eigenvalue weighted by molar-refractivity contribution is 7.91. The number of hydrogen-bond donors (Lipinski definition) is 1. The van der Waals surface area contributed by atoms with Gasteiger partial charge < -0.3 is 9.84 Å². The second-order valence-electron chi connectivity index (χ2n) is 3.74. The lowest BCUT2D eigenvalue weighted by Crippen LogP contribution is -2.13. The predicted molar refractivity (Wildman–Crippen MR) is 66.9 cm³/mol. The third-order valence-corrected chi connectivity index (χ3v) is 4.34. The largest absolute Gasteiger partial charge is 0.478 e. The summed E-state index contributed by atoms with van der Waals surface area (Å²) in [5, 5.41) is 8.63. The fourth-order valence-corrected chi connectivity index (χ4v) is 3.14. The minimum Gasteiger partial charge on any atom is -0.478 e. The molecule has 0 atom stereocenters. The van der Waals surface area contributed by atoms with Gasteiger partial charge in [-0.1, -0.05) is 11.6 Å². The Morgan fingerprint density at radius 2 is 2.11 bits per heavy atom. The van der Waals surface area contributed by atoms with Gasteiger partial charge in [0, 0.05) is 18.7 Å². The number of carbonyl (C=O) groups is 1. The highest BCUT2D eigenvalue weighted by atomic mass is 35.5. The molecule has 1 rings (SSSR count). The number of benzene rings is 1. The van der Waals surface area contributed by atoms with Gasteiger partial charge in [-0.05, 0) is 18.6 Å². The number of halogens is 2. The molecule has 106 valence electrons. The Bertz CT molecular complexity index is 585. The van der Waals surface area contributed by atoms with Gasteiger partial charge in [-0.15, -0.1) is 0 Å². The molecule has 0 saturated heterocycles. The van der Waals surface area contributed by atoms with Crippen LogP contribution in [0.25, 0.3) is 0 Å². The summed E-state index contributed by atoms with van der Waals surface area (Å²) < 4.78 is 42.4. The first-order chi connectivity index (χ1) is 8.79. The fourth-order valence-electron chi connectivity index (χ4n) is 1.45. The molecule has 0 unspecified atom stereocenters. The Kier molecular flexibility index (Phi) is 5.28. The molecule has 0 fully saturated rings. The molecular formula is C11H12ClFO5S. The molecule has 0 spiro atoms. The van der Waals surface area contributed by atoms with Crippen LogP contribution in [-0.2, 0) is 14.6 Å². The minimum atomic E-state index is -3.94. The van der Waals surface area contributed by atoms with Crippen molar-refractivity contribution in [2.75, 3.05) is 19.5 Å². The van der Waals surface area contributed by atoms with Crippen LogP contribution < -0.4 is 0 Å². The van der Waals surface area contributed by atoms with Crippen molar-refractivity contribution in [3.63, 3.8) is 0 Å². The molecule has 8 heteroatoms. The molecule has 0 saturated carbocycles. The van der Waals surface area contributed by atoms with Crippen LogP contribution in [0.1, 0.15) is 16.8 Å². The normalized spacial score (nSPS) is 11.5. The molecule has 1 N–H and O–H groups in total. The van der Waals surface area contributed by atoms with Gasteiger partial charge in [0.15, 0.2) is 15.7 Å². The molecular weight excluding hydrogens is 299 g/mol. The molecule has 0 aliphatic rings. The maximum Gasteiger partial charge on any atom is 0.338 e. The monoisotopic (exact) mass is 310 g/mol. The van der Waals surface area contributed by atoms with E-state index in [2.05, 4.69) is 0 Å². The minimum absolute atomic E-state index is 0.149. The van der Waals surface area contributed by atoms with E-state index in [1.54, 1.807) is 0 Å². The van der Waals surface area contributed by atoms with Crippen LogP contribution in [0.5, 0.6) is 0 Å². The maximum absolute atomic E-state index is 13.9. The molecule has 0 aliphatic heterocycles. The quantitative estimate of drug-likeness (QED) is 0.813. The van der Waals surface area contributed by atoms with Crippen LogP contribution in [0.4, 0.5) is 4.39 Å². The molecule has 5 nitrogen and oxygen atoms in total. The Labute approximate surface area is 114 Å². The maximum atomic E-state index is 13.9. The number of hydrogen-bond acceptors (Lipinski definition) is 4. The molecule has 0 heterocycles. The van der Waals surface area contributed by atoms with Crippen molar-refractivity contribution < 1.29 is 27.4 Å². The lowest BCUT2D eigenvalue weighted by molar-refractivity contribution is 0.0691. The van der Waals surface area contributed by atoms with Crippen molar-refractivity contribution in [1.82, 2.24) is 0 Å². The van der Waals surface area contributed by atoms with Crippen LogP contribution >= 0.6 is 11.6 Å². The molecule has 19 heavy (non-hydrogen) atoms. The van der Waals surface area contributed by atoms with Crippen molar-refractivity contribution in [2.45, 2.75) is 11.3 Å². The number of rotatable bonds is 6. The van der Waals surface area contributed by atoms with Gasteiger partial charge in [0.2, 0.25) is 0 Å². The van der Waals surface area contributed by atoms with E-state index in [0.717, 1.165) is 12.1 Å². The first kappa shape index (κ1) is 15.9. The second kappa shape index (κ2) is 6.31. The molecule has 1 aromatic carbocycles. The lowest BCUT2D eigenvalue weighted by atomic mass is 10.2. The zero-order valence-corrected chi connectivity index (χ0v) is 11.6. The van der Waals surface area contributed by atoms with Crippen LogP contribution in [0.2, 0.25) is 5.02 Å². The smallest absolute Gasteiger partial charge is 0.338 e. The lowest BCUT2D eigenvalue weighted by Gasteiger charge is -2.08. The average molecular weight is 311 g/mol. The third kappa shape index (κ3) is 3.89. The van der Waals surface area contributed by atoms with Crippen LogP contribution in [0, 0.1) is 5.82 Å². The number of sulfone groups is 1. The summed E-state index contributed by atoms with van der Waals surface area (Å²) in [5.41, 5.74) is -0.766. The molecule has 0 aliphatic carbocycles. The van der Waals surface area contributed by atoms with E-state index < -0.39 is 32.1 Å². The van der Waals surface area contributed by atoms with Gasteiger partial charge >= 0.3 is 5.97 Å². The number of aromatic carboxylic acids is 1. The van der Waals surface area contributed by atoms with Gasteiger partial charge in [0.1, 0.15) is 4.90 Å². The molecule has 0 amide bonds. The molecule has 0 bridgehead atoms. The third-order valence-electron chi connectivity index (χ3n) is 2.33. The standard InChI is InChI=1S/C11H12ClFO5S/c1-18-3-2-4-19(16,17)9-6-7(12)5-8(10(9)13)11(14)15/h5-6H,2-4H2,1H3,(H,14,15). The summed E-state index contributed by atoms with van der Waals surface area (Å²) in [7, 11) is -2.53. The number of carboxylic acid groups (broad SMARTS) is 1. The fraction of sp³-hybridized carbons (Fsp3) is 0.364. The Balaban J connectivity index is 3.23. The van der Waals surface area contributed by atoms with Crippen molar-refractivity contribution >= 4 is 27.4 Å². The number of carboxylic acids is 1. The average Bonchev–Trinajstić information content (AvgIpc) is 2.31. The highest BCUT2D eigenvalue weighted by Crippen LogP contribution is 2.25. The first-order valence-corrected chi connectivity index (χ1v) is 7.26. The van der Waals surface area contributed by atoms with Crippen LogP contribution in [0.15, 0.2) is 17.0 Å². The second-order valence-corrected chi connectivity index (χ2v) is 6.25. The van der Waals surface area contributed by atoms with Gasteiger partial charge in [0.25, 0.3) is 0 Å². The van der Waals surface area contributed by atoms with Crippen molar-refractivity contribution in [2.24, 2.45) is 0 Å². The van der Waals surface area contributed by atoms with Gasteiger partial charge in [-0.3, -0.25) is 0 Å². The van der Waals surface area contributed by atoms with E-state index >= 15 is 0 Å². The molecule has 0 radical (unpaired) electrons. The summed E-state index contributed by atoms with van der Waals surface area (Å²) >= 11 is 5.61. The van der Waals surface area contributed by atoms with Crippen molar-refractivity contribution in [3.8, 4) is 0 Å². The van der Waals surface area contributed by atoms with Gasteiger partial charge in [0.05, 0.1) is 11.3 Å². The number of methoxy groups -OCH3 is 1. The van der Waals surface area contributed by atoms with Crippen LogP contribution in [0.3, 0.4) is 0 Å². The summed E-state index contributed by atoms with van der Waals surface area (Å²) in [6.45, 7) is 0.202. The molecule has 0 aromatic heterocycles. The van der Waals surface area contributed by atoms with E-state index in [9.17, 15) is 17.6 Å². The van der Waals surface area contributed by atoms with Crippen molar-refractivity contribution in [3.05, 3.63) is 28.5 Å². The zero-order chi connectivity index (χ0) is 14.6. The summed E-state index contributed by atoms with van der Waals surface area (Å²) in [5.74, 6) is -3.22. The number of ether oxygens (including phenoxy) is 1.